The van der Waals surface area contributed by atoms with Crippen molar-refractivity contribution in [1.82, 2.24) is 5.32 Å². The molecule has 0 atom stereocenters. The SMILES string of the molecule is CCCCC1(CCCC)CN(c2ccccc2)c2cc(SC)c(CNC(=O)CBr)cc2S(O)(O)C1. The van der Waals surface area contributed by atoms with E-state index >= 15 is 0 Å². The Morgan fingerprint density at radius 3 is 2.37 bits per heavy atom. The topological polar surface area (TPSA) is 72.8 Å². The molecule has 0 aliphatic carbocycles. The van der Waals surface area contributed by atoms with E-state index in [-0.39, 0.29) is 16.7 Å². The van der Waals surface area contributed by atoms with Crippen LogP contribution in [0.1, 0.15) is 57.9 Å². The Bertz CT molecular complexity index is 980. The van der Waals surface area contributed by atoms with E-state index in [9.17, 15) is 13.9 Å². The van der Waals surface area contributed by atoms with Gasteiger partial charge in [-0.15, -0.1) is 11.8 Å². The number of para-hydroxylation sites is 1. The number of nitrogens with zero attached hydrogens (tertiary/aromatic N) is 1. The Morgan fingerprint density at radius 2 is 1.80 bits per heavy atom. The normalized spacial score (nSPS) is 17.4. The van der Waals surface area contributed by atoms with Crippen molar-refractivity contribution in [3.8, 4) is 0 Å². The van der Waals surface area contributed by atoms with E-state index < -0.39 is 10.6 Å². The molecule has 35 heavy (non-hydrogen) atoms. The number of alkyl halides is 1. The van der Waals surface area contributed by atoms with Crippen LogP contribution >= 0.6 is 38.3 Å². The third-order valence-corrected chi connectivity index (χ3v) is 10.2. The lowest BCUT2D eigenvalue weighted by atomic mass is 9.79. The molecule has 2 aromatic rings. The average Bonchev–Trinajstić information content (AvgIpc) is 2.96. The first kappa shape index (κ1) is 28.4. The molecule has 0 radical (unpaired) electrons. The van der Waals surface area contributed by atoms with Crippen LogP contribution in [-0.2, 0) is 11.3 Å². The van der Waals surface area contributed by atoms with E-state index in [1.165, 1.54) is 0 Å². The van der Waals surface area contributed by atoms with Crippen LogP contribution in [0.15, 0.2) is 52.3 Å². The monoisotopic (exact) mass is 582 g/mol. The number of anilines is 2. The molecule has 0 fully saturated rings. The van der Waals surface area contributed by atoms with Gasteiger partial charge < -0.3 is 10.2 Å². The van der Waals surface area contributed by atoms with Crippen molar-refractivity contribution >= 4 is 55.6 Å². The van der Waals surface area contributed by atoms with Gasteiger partial charge in [-0.3, -0.25) is 13.9 Å². The Hall–Kier alpha value is -1.19. The quantitative estimate of drug-likeness (QED) is 0.184. The van der Waals surface area contributed by atoms with Gasteiger partial charge >= 0.3 is 0 Å². The van der Waals surface area contributed by atoms with Crippen molar-refractivity contribution in [1.29, 1.82) is 0 Å². The second-order valence-electron chi connectivity index (χ2n) is 9.48. The Morgan fingerprint density at radius 1 is 1.14 bits per heavy atom. The Labute approximate surface area is 224 Å². The molecule has 1 heterocycles. The first-order chi connectivity index (χ1) is 16.8. The molecule has 0 unspecified atom stereocenters. The number of fused-ring (bicyclic) bond motifs is 1. The summed E-state index contributed by atoms with van der Waals surface area (Å²) in [5, 5.41) is 3.16. The van der Waals surface area contributed by atoms with Crippen molar-refractivity contribution in [2.45, 2.75) is 68.7 Å². The largest absolute Gasteiger partial charge is 0.351 e. The summed E-state index contributed by atoms with van der Waals surface area (Å²) in [4.78, 5) is 15.8. The molecule has 1 aliphatic heterocycles. The van der Waals surface area contributed by atoms with Gasteiger partial charge in [-0.1, -0.05) is 73.7 Å². The second kappa shape index (κ2) is 12.9. The van der Waals surface area contributed by atoms with Gasteiger partial charge in [0, 0.05) is 34.8 Å². The molecule has 0 saturated heterocycles. The summed E-state index contributed by atoms with van der Waals surface area (Å²) in [7, 11) is -3.05. The minimum Gasteiger partial charge on any atom is -0.351 e. The van der Waals surface area contributed by atoms with E-state index in [2.05, 4.69) is 58.2 Å². The number of nitrogens with one attached hydrogen (secondary N) is 1. The van der Waals surface area contributed by atoms with Gasteiger partial charge in [0.15, 0.2) is 0 Å². The number of hydrogen-bond donors (Lipinski definition) is 3. The van der Waals surface area contributed by atoms with Crippen LogP contribution in [0.5, 0.6) is 0 Å². The molecule has 0 bridgehead atoms. The van der Waals surface area contributed by atoms with Gasteiger partial charge in [0.2, 0.25) is 5.91 Å². The highest BCUT2D eigenvalue weighted by molar-refractivity contribution is 9.09. The van der Waals surface area contributed by atoms with Gasteiger partial charge in [0.05, 0.1) is 15.9 Å². The van der Waals surface area contributed by atoms with E-state index in [0.29, 0.717) is 17.2 Å². The Kier molecular flexibility index (Phi) is 10.4. The molecule has 0 saturated carbocycles. The highest BCUT2D eigenvalue weighted by Gasteiger charge is 2.42. The highest BCUT2D eigenvalue weighted by atomic mass is 79.9. The van der Waals surface area contributed by atoms with Crippen molar-refractivity contribution in [2.24, 2.45) is 5.41 Å². The maximum absolute atomic E-state index is 11.9. The predicted molar refractivity (Wildman–Crippen MR) is 155 cm³/mol. The van der Waals surface area contributed by atoms with Crippen LogP contribution in [0.4, 0.5) is 11.4 Å². The lowest BCUT2D eigenvalue weighted by molar-refractivity contribution is -0.118. The third-order valence-electron chi connectivity index (χ3n) is 6.79. The van der Waals surface area contributed by atoms with E-state index in [4.69, 9.17) is 0 Å². The van der Waals surface area contributed by atoms with Gasteiger partial charge in [0.25, 0.3) is 0 Å². The smallest absolute Gasteiger partial charge is 0.230 e. The van der Waals surface area contributed by atoms with E-state index in [1.54, 1.807) is 11.8 Å². The fraction of sp³-hybridized carbons (Fsp3) is 0.519. The molecule has 1 aliphatic rings. The fourth-order valence-corrected chi connectivity index (χ4v) is 8.02. The Balaban J connectivity index is 2.18. The van der Waals surface area contributed by atoms with E-state index in [0.717, 1.165) is 66.9 Å². The summed E-state index contributed by atoms with van der Waals surface area (Å²) < 4.78 is 23.5. The van der Waals surface area contributed by atoms with Crippen LogP contribution in [0.3, 0.4) is 0 Å². The molecule has 2 aromatic carbocycles. The molecular formula is C27H39BrN2O3S2. The molecule has 8 heteroatoms. The van der Waals surface area contributed by atoms with E-state index in [1.807, 2.05) is 30.5 Å². The molecule has 0 aromatic heterocycles. The number of hydrogen-bond acceptors (Lipinski definition) is 5. The standard InChI is InChI=1S/C27H39BrN2O3S2/c1-4-6-13-27(14-7-5-2)19-30(22-11-9-8-10-12-22)23-16-24(34-3)21(18-29-26(31)17-28)15-25(23)35(32,33)20-27/h8-12,15-16,32-33H,4-7,13-14,17-20H2,1-3H3,(H,29,31). The van der Waals surface area contributed by atoms with Gasteiger partial charge in [-0.05, 0) is 48.9 Å². The number of carbonyl (C=O) groups excluding carboxylic acids is 1. The summed E-state index contributed by atoms with van der Waals surface area (Å²) >= 11 is 4.82. The average molecular weight is 584 g/mol. The maximum atomic E-state index is 11.9. The van der Waals surface area contributed by atoms with Crippen LogP contribution in [0.25, 0.3) is 0 Å². The van der Waals surface area contributed by atoms with Gasteiger partial charge in [-0.2, -0.15) is 10.6 Å². The molecule has 194 valence electrons. The first-order valence-electron chi connectivity index (χ1n) is 12.4. The second-order valence-corrected chi connectivity index (χ2v) is 13.0. The molecule has 0 spiro atoms. The highest BCUT2D eigenvalue weighted by Crippen LogP contribution is 2.61. The first-order valence-corrected chi connectivity index (χ1v) is 16.5. The summed E-state index contributed by atoms with van der Waals surface area (Å²) in [5.74, 6) is 0.282. The fourth-order valence-electron chi connectivity index (χ4n) is 4.97. The lowest BCUT2D eigenvalue weighted by Crippen LogP contribution is -2.37. The summed E-state index contributed by atoms with van der Waals surface area (Å²) in [6.07, 6.45) is 8.27. The minimum absolute atomic E-state index is 0.0948. The molecule has 3 rings (SSSR count). The molecular weight excluding hydrogens is 544 g/mol. The predicted octanol–water partition coefficient (Wildman–Crippen LogP) is 8.05. The van der Waals surface area contributed by atoms with Crippen LogP contribution < -0.4 is 10.2 Å². The summed E-state index contributed by atoms with van der Waals surface area (Å²) in [5.41, 5.74) is 2.65. The van der Waals surface area contributed by atoms with Crippen molar-refractivity contribution in [3.05, 3.63) is 48.0 Å². The summed E-state index contributed by atoms with van der Waals surface area (Å²) in [6.45, 7) is 5.51. The van der Waals surface area contributed by atoms with Crippen molar-refractivity contribution in [2.75, 3.05) is 28.8 Å². The molecule has 5 nitrogen and oxygen atoms in total. The number of unbranched alkanes of at least 4 members (excludes halogenated alkanes) is 2. The minimum atomic E-state index is -3.05. The van der Waals surface area contributed by atoms with Crippen LogP contribution in [-0.4, -0.2) is 38.9 Å². The van der Waals surface area contributed by atoms with Crippen molar-refractivity contribution in [3.63, 3.8) is 0 Å². The molecule has 1 amide bonds. The molecule has 3 N–H and O–H groups in total. The zero-order valence-corrected chi connectivity index (χ0v) is 24.3. The number of rotatable bonds is 11. The zero-order chi connectivity index (χ0) is 25.5. The number of amides is 1. The third kappa shape index (κ3) is 6.98. The zero-order valence-electron chi connectivity index (χ0n) is 21.1. The van der Waals surface area contributed by atoms with Gasteiger partial charge in [0.1, 0.15) is 0 Å². The lowest BCUT2D eigenvalue weighted by Gasteiger charge is -2.42. The number of thioether (sulfide) groups is 1. The maximum Gasteiger partial charge on any atom is 0.230 e. The van der Waals surface area contributed by atoms with Crippen LogP contribution in [0.2, 0.25) is 0 Å². The van der Waals surface area contributed by atoms with Gasteiger partial charge in [-0.25, -0.2) is 0 Å². The van der Waals surface area contributed by atoms with Crippen molar-refractivity contribution < 1.29 is 13.9 Å². The van der Waals surface area contributed by atoms with Crippen LogP contribution in [0, 0.1) is 5.41 Å². The number of carbonyl (C=O) groups is 1. The summed E-state index contributed by atoms with van der Waals surface area (Å²) in [6, 6.07) is 14.3. The number of benzene rings is 2. The number of halogens is 1.